The van der Waals surface area contributed by atoms with Crippen LogP contribution in [-0.2, 0) is 18.9 Å². The molecule has 0 spiro atoms. The molecule has 0 aliphatic carbocycles. The first-order chi connectivity index (χ1) is 26.2. The molecule has 4 heterocycles. The minimum atomic E-state index is -0.692. The van der Waals surface area contributed by atoms with E-state index in [9.17, 15) is 19.2 Å². The largest absolute Gasteiger partial charge is 0.457 e. The number of hydrogen-bond donors (Lipinski definition) is 4. The van der Waals surface area contributed by atoms with Gasteiger partial charge in [-0.25, -0.2) is 19.2 Å². The normalized spacial score (nSPS) is 29.2. The Bertz CT molecular complexity index is 1740. The highest BCUT2D eigenvalue weighted by Crippen LogP contribution is 2.39. The maximum absolute atomic E-state index is 14.4. The zero-order chi connectivity index (χ0) is 43.4. The van der Waals surface area contributed by atoms with Crippen LogP contribution in [0.5, 0.6) is 0 Å². The molecule has 320 valence electrons. The highest BCUT2D eigenvalue weighted by atomic mass is 16.6. The Morgan fingerprint density at radius 1 is 0.379 bits per heavy atom. The average molecular weight is 805 g/mol. The predicted octanol–water partition coefficient (Wildman–Crippen LogP) is 7.14. The standard InChI is InChI=1S/C46H68N4O8/c1-39(2)21-31(43(9,10)47-39)55-35(51)27-17-25-19-29(37(53)57-33-23-41(5,6)49-45(33,13)14)30(38(54)58-34-24-42(7,8)50-46(34,15)16)20-26(25)18-28(27)36(52)56-32-22-40(3,4)48-44(32,11)12/h17-20,31-34,47-50H,21-24H2,1-16H3. The summed E-state index contributed by atoms with van der Waals surface area (Å²) < 4.78 is 24.9. The molecular formula is C46H68N4O8. The van der Waals surface area contributed by atoms with E-state index in [1.165, 1.54) is 0 Å². The summed E-state index contributed by atoms with van der Waals surface area (Å²) in [5, 5.41) is 15.0. The number of fused-ring (bicyclic) bond motifs is 1. The van der Waals surface area contributed by atoms with Crippen molar-refractivity contribution in [3.63, 3.8) is 0 Å². The number of benzene rings is 2. The van der Waals surface area contributed by atoms with E-state index in [1.54, 1.807) is 24.3 Å². The minimum absolute atomic E-state index is 0.000408. The van der Waals surface area contributed by atoms with E-state index in [0.29, 0.717) is 36.5 Å². The van der Waals surface area contributed by atoms with Crippen molar-refractivity contribution >= 4 is 34.6 Å². The Balaban J connectivity index is 1.46. The van der Waals surface area contributed by atoms with Gasteiger partial charge in [0.2, 0.25) is 0 Å². The molecule has 2 aromatic carbocycles. The van der Waals surface area contributed by atoms with Crippen molar-refractivity contribution in [2.24, 2.45) is 0 Å². The molecule has 4 aliphatic rings. The summed E-state index contributed by atoms with van der Waals surface area (Å²) in [4.78, 5) is 57.4. The molecule has 4 atom stereocenters. The fourth-order valence-corrected chi connectivity index (χ4v) is 10.4. The van der Waals surface area contributed by atoms with Crippen molar-refractivity contribution in [3.8, 4) is 0 Å². The monoisotopic (exact) mass is 805 g/mol. The van der Waals surface area contributed by atoms with Crippen molar-refractivity contribution in [1.29, 1.82) is 0 Å². The fraction of sp³-hybridized carbons (Fsp3) is 0.696. The molecule has 4 unspecified atom stereocenters. The van der Waals surface area contributed by atoms with E-state index in [2.05, 4.69) is 76.7 Å². The van der Waals surface area contributed by atoms with Crippen LogP contribution in [0.15, 0.2) is 24.3 Å². The molecule has 6 rings (SSSR count). The molecule has 4 saturated heterocycles. The quantitative estimate of drug-likeness (QED) is 0.159. The van der Waals surface area contributed by atoms with Gasteiger partial charge in [0, 0.05) is 47.8 Å². The highest BCUT2D eigenvalue weighted by molar-refractivity contribution is 6.11. The zero-order valence-electron chi connectivity index (χ0n) is 37.7. The number of ether oxygens (including phenoxy) is 4. The van der Waals surface area contributed by atoms with Crippen molar-refractivity contribution in [3.05, 3.63) is 46.5 Å². The molecule has 0 amide bonds. The van der Waals surface area contributed by atoms with Gasteiger partial charge in [0.25, 0.3) is 0 Å². The van der Waals surface area contributed by atoms with Crippen LogP contribution in [-0.4, -0.2) is 92.6 Å². The lowest BCUT2D eigenvalue weighted by Crippen LogP contribution is -2.47. The summed E-state index contributed by atoms with van der Waals surface area (Å²) in [7, 11) is 0. The summed E-state index contributed by atoms with van der Waals surface area (Å²) in [6.07, 6.45) is 0.254. The van der Waals surface area contributed by atoms with Gasteiger partial charge in [-0.05, 0) is 146 Å². The summed E-state index contributed by atoms with van der Waals surface area (Å²) in [6.45, 7) is 32.3. The highest BCUT2D eigenvalue weighted by Gasteiger charge is 2.50. The van der Waals surface area contributed by atoms with Gasteiger partial charge in [-0.15, -0.1) is 0 Å². The van der Waals surface area contributed by atoms with Crippen LogP contribution in [0, 0.1) is 0 Å². The molecule has 58 heavy (non-hydrogen) atoms. The lowest BCUT2D eigenvalue weighted by atomic mass is 9.94. The molecule has 4 N–H and O–H groups in total. The Hall–Kier alpha value is -3.58. The molecular weight excluding hydrogens is 737 g/mol. The van der Waals surface area contributed by atoms with Crippen LogP contribution < -0.4 is 21.3 Å². The molecule has 0 aromatic heterocycles. The first kappa shape index (κ1) is 44.0. The Morgan fingerprint density at radius 2 is 0.552 bits per heavy atom. The zero-order valence-corrected chi connectivity index (χ0v) is 37.7. The van der Waals surface area contributed by atoms with E-state index >= 15 is 0 Å². The first-order valence-electron chi connectivity index (χ1n) is 20.8. The number of nitrogens with one attached hydrogen (secondary N) is 4. The van der Waals surface area contributed by atoms with Crippen LogP contribution in [0.3, 0.4) is 0 Å². The Kier molecular flexibility index (Phi) is 10.6. The molecule has 0 saturated carbocycles. The number of carbonyl (C=O) groups excluding carboxylic acids is 4. The third kappa shape index (κ3) is 8.95. The predicted molar refractivity (Wildman–Crippen MR) is 224 cm³/mol. The molecule has 12 nitrogen and oxygen atoms in total. The fourth-order valence-electron chi connectivity index (χ4n) is 10.4. The van der Waals surface area contributed by atoms with E-state index in [1.807, 2.05) is 55.4 Å². The van der Waals surface area contributed by atoms with Gasteiger partial charge in [-0.2, -0.15) is 0 Å². The van der Waals surface area contributed by atoms with E-state index in [-0.39, 0.29) is 44.4 Å². The van der Waals surface area contributed by atoms with E-state index in [4.69, 9.17) is 18.9 Å². The Morgan fingerprint density at radius 3 is 0.690 bits per heavy atom. The number of carbonyl (C=O) groups is 4. The molecule has 2 aromatic rings. The molecule has 12 heteroatoms. The number of hydrogen-bond acceptors (Lipinski definition) is 12. The number of rotatable bonds is 8. The topological polar surface area (TPSA) is 153 Å². The van der Waals surface area contributed by atoms with E-state index < -0.39 is 70.4 Å². The first-order valence-corrected chi connectivity index (χ1v) is 20.8. The van der Waals surface area contributed by atoms with Gasteiger partial charge in [0.1, 0.15) is 24.4 Å². The second-order valence-corrected chi connectivity index (χ2v) is 22.5. The number of esters is 4. The third-order valence-corrected chi connectivity index (χ3v) is 12.6. The summed E-state index contributed by atoms with van der Waals surface area (Å²) in [5.74, 6) is -2.77. The molecule has 4 aliphatic heterocycles. The molecule has 0 radical (unpaired) electrons. The molecule has 0 bridgehead atoms. The van der Waals surface area contributed by atoms with Crippen LogP contribution in [0.1, 0.15) is 178 Å². The lowest BCUT2D eigenvalue weighted by Gasteiger charge is -2.29. The van der Waals surface area contributed by atoms with Crippen molar-refractivity contribution in [1.82, 2.24) is 21.3 Å². The summed E-state index contributed by atoms with van der Waals surface area (Å²) in [6, 6.07) is 6.22. The van der Waals surface area contributed by atoms with Gasteiger partial charge < -0.3 is 40.2 Å². The minimum Gasteiger partial charge on any atom is -0.457 e. The van der Waals surface area contributed by atoms with Crippen molar-refractivity contribution in [2.75, 3.05) is 0 Å². The maximum Gasteiger partial charge on any atom is 0.339 e. The van der Waals surface area contributed by atoms with Gasteiger partial charge >= 0.3 is 23.9 Å². The second kappa shape index (κ2) is 14.0. The van der Waals surface area contributed by atoms with Gasteiger partial charge in [-0.3, -0.25) is 0 Å². The third-order valence-electron chi connectivity index (χ3n) is 12.6. The van der Waals surface area contributed by atoms with Crippen molar-refractivity contribution in [2.45, 2.75) is 205 Å². The van der Waals surface area contributed by atoms with Crippen LogP contribution >= 0.6 is 0 Å². The second-order valence-electron chi connectivity index (χ2n) is 22.5. The van der Waals surface area contributed by atoms with Gasteiger partial charge in [0.05, 0.1) is 44.4 Å². The lowest BCUT2D eigenvalue weighted by molar-refractivity contribution is 0.0126. The summed E-state index contributed by atoms with van der Waals surface area (Å²) in [5.41, 5.74) is -3.30. The van der Waals surface area contributed by atoms with Gasteiger partial charge in [0.15, 0.2) is 0 Å². The van der Waals surface area contributed by atoms with Crippen LogP contribution in [0.25, 0.3) is 10.8 Å². The maximum atomic E-state index is 14.4. The van der Waals surface area contributed by atoms with Crippen LogP contribution in [0.2, 0.25) is 0 Å². The smallest absolute Gasteiger partial charge is 0.339 e. The summed E-state index contributed by atoms with van der Waals surface area (Å²) >= 11 is 0. The van der Waals surface area contributed by atoms with Crippen LogP contribution in [0.4, 0.5) is 0 Å². The van der Waals surface area contributed by atoms with Crippen molar-refractivity contribution < 1.29 is 38.1 Å². The Labute approximate surface area is 345 Å². The SMILES string of the molecule is CC1(C)CC(OC(=O)c2cc3cc(C(=O)OC4CC(C)(C)NC4(C)C)c(C(=O)OC4CC(C)(C)NC4(C)C)cc3cc2C(=O)OC2CC(C)(C)NC2(C)C)C(C)(C)N1. The average Bonchev–Trinajstić information content (AvgIpc) is 3.56. The van der Waals surface area contributed by atoms with Gasteiger partial charge in [-0.1, -0.05) is 0 Å². The van der Waals surface area contributed by atoms with E-state index in [0.717, 1.165) is 0 Å². The molecule has 4 fully saturated rings.